The Kier molecular flexibility index (Phi) is 31.0. The second-order valence-corrected chi connectivity index (χ2v) is 27.0. The summed E-state index contributed by atoms with van der Waals surface area (Å²) in [5.74, 6) is -8.47. The molecule has 0 bridgehead atoms. The molecule has 36 nitrogen and oxygen atoms in total. The quantitative estimate of drug-likeness (QED) is 0.00896. The summed E-state index contributed by atoms with van der Waals surface area (Å²) in [5.41, 5.74) is 2.28. The number of urea groups is 2. The Balaban J connectivity index is 0.000000363. The second kappa shape index (κ2) is 37.0. The minimum absolute atomic E-state index is 0.0398. The van der Waals surface area contributed by atoms with Gasteiger partial charge in [0, 0.05) is 31.2 Å². The third-order valence-corrected chi connectivity index (χ3v) is 17.1. The molecule has 3 atom stereocenters. The van der Waals surface area contributed by atoms with Crippen molar-refractivity contribution < 1.29 is 143 Å². The number of carbonyl (C=O) groups is 6. The molecule has 6 rings (SSSR count). The number of benzene rings is 3. The number of nitro groups is 1. The van der Waals surface area contributed by atoms with Crippen molar-refractivity contribution in [1.82, 2.24) is 34.4 Å². The fourth-order valence-corrected chi connectivity index (χ4v) is 11.3. The molecule has 6 aromatic rings. The number of carboxylic acids is 2. The zero-order valence-electron chi connectivity index (χ0n) is 51.6. The van der Waals surface area contributed by atoms with Crippen LogP contribution >= 0.6 is 19.0 Å². The van der Waals surface area contributed by atoms with E-state index in [0.717, 1.165) is 54.7 Å². The minimum atomic E-state index is -4.71. The number of esters is 2. The third kappa shape index (κ3) is 27.1. The van der Waals surface area contributed by atoms with E-state index in [9.17, 15) is 99.4 Å². The van der Waals surface area contributed by atoms with Crippen LogP contribution in [-0.4, -0.2) is 171 Å². The van der Waals surface area contributed by atoms with Gasteiger partial charge in [-0.05, 0) is 68.8 Å². The number of hydrogen-bond donors (Lipinski definition) is 8. The molecule has 100 heavy (non-hydrogen) atoms. The molecule has 9 N–H and O–H groups in total. The largest absolute Gasteiger partial charge is 0.481 e. The molecular formula is C52H54ClF7N11O25PS3. The van der Waals surface area contributed by atoms with E-state index in [2.05, 4.69) is 39.7 Å². The van der Waals surface area contributed by atoms with Crippen molar-refractivity contribution in [3.8, 4) is 35.0 Å². The van der Waals surface area contributed by atoms with Gasteiger partial charge >= 0.3 is 55.3 Å². The number of nitrogens with one attached hydrogen (secondary N) is 4. The van der Waals surface area contributed by atoms with E-state index in [1.807, 2.05) is 0 Å². The molecule has 48 heteroatoms. The fraction of sp³-hybridized carbons (Fsp3) is 0.288. The highest BCUT2D eigenvalue weighted by molar-refractivity contribution is 7.93. The topological polar surface area (TPSA) is 529 Å². The van der Waals surface area contributed by atoms with Gasteiger partial charge in [-0.15, -0.1) is 0 Å². The summed E-state index contributed by atoms with van der Waals surface area (Å²) >= 11 is 5.83. The maximum absolute atomic E-state index is 12.8. The number of aromatic carboxylic acids is 1. The predicted molar refractivity (Wildman–Crippen MR) is 326 cm³/mol. The molecule has 0 aliphatic rings. The van der Waals surface area contributed by atoms with E-state index < -0.39 is 165 Å². The number of aromatic nitrogens is 5. The number of sulfone groups is 1. The van der Waals surface area contributed by atoms with Gasteiger partial charge in [0.2, 0.25) is 35.4 Å². The minimum Gasteiger partial charge on any atom is -0.481 e. The summed E-state index contributed by atoms with van der Waals surface area (Å²) in [6.45, 7) is -1.47. The lowest BCUT2D eigenvalue weighted by atomic mass is 10.1. The van der Waals surface area contributed by atoms with E-state index in [0.29, 0.717) is 12.1 Å². The van der Waals surface area contributed by atoms with Gasteiger partial charge in [-0.25, -0.2) is 55.2 Å². The van der Waals surface area contributed by atoms with Gasteiger partial charge in [0.15, 0.2) is 28.3 Å². The van der Waals surface area contributed by atoms with E-state index >= 15 is 0 Å². The van der Waals surface area contributed by atoms with Gasteiger partial charge in [-0.1, -0.05) is 30.7 Å². The Labute approximate surface area is 564 Å². The van der Waals surface area contributed by atoms with Crippen LogP contribution in [0.25, 0.3) is 0 Å². The van der Waals surface area contributed by atoms with Crippen molar-refractivity contribution in [3.63, 3.8) is 0 Å². The van der Waals surface area contributed by atoms with Crippen LogP contribution in [0.1, 0.15) is 53.5 Å². The number of pyridine rings is 1. The highest BCUT2D eigenvalue weighted by atomic mass is 35.5. The van der Waals surface area contributed by atoms with Crippen LogP contribution in [-0.2, 0) is 59.7 Å². The number of nitrogens with zero attached hydrogens (tertiary/aromatic N) is 6. The molecule has 4 amide bonds. The van der Waals surface area contributed by atoms with E-state index in [-0.39, 0.29) is 59.2 Å². The molecule has 3 unspecified atom stereocenters. The number of carboxylic acid groups (broad SMARTS) is 2. The lowest BCUT2D eigenvalue weighted by molar-refractivity contribution is -0.385. The van der Waals surface area contributed by atoms with Crippen LogP contribution < -0.4 is 49.5 Å². The van der Waals surface area contributed by atoms with Gasteiger partial charge in [-0.3, -0.25) is 30.1 Å². The summed E-state index contributed by atoms with van der Waals surface area (Å²) in [5, 5.41) is 31.2. The molecule has 3 heterocycles. The number of alkyl halides is 7. The number of ether oxygens (including phenoxy) is 7. The average molecular weight is 1530 g/mol. The van der Waals surface area contributed by atoms with Gasteiger partial charge in [0.1, 0.15) is 32.9 Å². The van der Waals surface area contributed by atoms with Gasteiger partial charge in [0.05, 0.1) is 59.8 Å². The van der Waals surface area contributed by atoms with E-state index in [1.165, 1.54) is 63.7 Å². The first kappa shape index (κ1) is 83.8. The van der Waals surface area contributed by atoms with E-state index in [4.69, 9.17) is 56.1 Å². The highest BCUT2D eigenvalue weighted by Crippen LogP contribution is 2.38. The number of halogens is 8. The Morgan fingerprint density at radius 2 is 1.26 bits per heavy atom. The maximum Gasteiger partial charge on any atom is 0.416 e. The number of sulfonamides is 2. The molecule has 0 aliphatic heterocycles. The summed E-state index contributed by atoms with van der Waals surface area (Å²) in [7, 11) is -13.7. The number of nitro benzene ring substituents is 1. The first-order chi connectivity index (χ1) is 46.4. The summed E-state index contributed by atoms with van der Waals surface area (Å²) < 4.78 is 208. The number of hydrogen-bond acceptors (Lipinski definition) is 28. The highest BCUT2D eigenvalue weighted by Gasteiger charge is 2.33. The van der Waals surface area contributed by atoms with Crippen molar-refractivity contribution in [2.45, 2.75) is 73.6 Å². The molecule has 3 aromatic heterocycles. The Hall–Kier alpha value is -10.4. The molecule has 0 fully saturated rings. The zero-order chi connectivity index (χ0) is 75.8. The molecule has 0 spiro atoms. The number of carbonyl (C=O) groups excluding carboxylic acids is 4. The Bertz CT molecular complexity index is 4310. The number of rotatable bonds is 26. The van der Waals surface area contributed by atoms with Crippen molar-refractivity contribution in [2.24, 2.45) is 5.73 Å². The molecule has 0 saturated heterocycles. The molecule has 0 saturated carbocycles. The number of amides is 4. The standard InChI is InChI=1S/C19H15ClF3NO7.C14H10F4N4O7S.C14H17N5O7S2.C5H12NO4P/c1-3-29-17(25)10(2)30-18(26)13-9-12(5-6-15(13)24(27)28)31-16-7-4-11(8-14(16)20)19(21,22)23;15-11(16)28-8-5-9(29-12(17)18)20-13(19-8)21-14(25)22-30(26,27)7-4-2-1-3-6(7)10(23)24;1-4-27(21,22)9-6-5-7-15-12(9)28(23,24)19-14(20)18-13-16-10(25-2)8-11(17-13)26-3;1-11(9,10)3-2-4(6)5(7)8/h4-10H,3H2,1-2H3;1-5,11-12H,(H,23,24)(H2,19,20,21,22,25);5-8H,4H2,1-3H3,(H2,16,17,18,19,20);4H,2-3,6H2,1H3,(H,7,8)(H,9,10). The van der Waals surface area contributed by atoms with Crippen molar-refractivity contribution >= 4 is 102 Å². The van der Waals surface area contributed by atoms with Crippen LogP contribution in [0.4, 0.5) is 57.9 Å². The number of anilines is 2. The monoisotopic (exact) mass is 1530 g/mol. The van der Waals surface area contributed by atoms with Crippen molar-refractivity contribution in [2.75, 3.05) is 50.0 Å². The first-order valence-corrected chi connectivity index (χ1v) is 34.1. The van der Waals surface area contributed by atoms with Crippen LogP contribution in [0, 0.1) is 10.1 Å². The second-order valence-electron chi connectivity index (χ2n) is 18.5. The average Bonchev–Trinajstić information content (AvgIpc) is 0.793. The third-order valence-electron chi connectivity index (χ3n) is 11.2. The lowest BCUT2D eigenvalue weighted by Gasteiger charge is -2.13. The number of aliphatic carboxylic acids is 1. The van der Waals surface area contributed by atoms with Crippen LogP contribution in [0.2, 0.25) is 5.02 Å². The lowest BCUT2D eigenvalue weighted by Crippen LogP contribution is -2.36. The van der Waals surface area contributed by atoms with Crippen LogP contribution in [0.15, 0.2) is 106 Å². The molecule has 0 aliphatic carbocycles. The molecule has 3 aromatic carbocycles. The normalized spacial score (nSPS) is 12.4. The van der Waals surface area contributed by atoms with Gasteiger partial charge in [-0.2, -0.15) is 59.1 Å². The Morgan fingerprint density at radius 1 is 0.740 bits per heavy atom. The predicted octanol–water partition coefficient (Wildman–Crippen LogP) is 6.94. The van der Waals surface area contributed by atoms with Crippen LogP contribution in [0.5, 0.6) is 35.0 Å². The maximum atomic E-state index is 12.8. The first-order valence-electron chi connectivity index (χ1n) is 26.8. The van der Waals surface area contributed by atoms with Gasteiger partial charge < -0.3 is 54.0 Å². The zero-order valence-corrected chi connectivity index (χ0v) is 55.7. The van der Waals surface area contributed by atoms with E-state index in [1.54, 1.807) is 17.0 Å². The van der Waals surface area contributed by atoms with Gasteiger partial charge in [0.25, 0.3) is 25.7 Å². The summed E-state index contributed by atoms with van der Waals surface area (Å²) in [6, 6.07) is 10.0. The molecule has 546 valence electrons. The molecular weight excluding hydrogens is 1470 g/mol. The fourth-order valence-electron chi connectivity index (χ4n) is 6.70. The van der Waals surface area contributed by atoms with Crippen molar-refractivity contribution in [3.05, 3.63) is 123 Å². The smallest absolute Gasteiger partial charge is 0.416 e. The Morgan fingerprint density at radius 3 is 1.73 bits per heavy atom. The number of methoxy groups -OCH3 is 2. The SMILES string of the molecule is CCOC(=O)C(C)OC(=O)c1cc(Oc2ccc(C(F)(F)F)cc2Cl)ccc1[N+](=O)[O-].CCS(=O)(=O)c1cccnc1S(=O)(=O)NC(=O)Nc1nc(OC)cc(OC)n1.CP(=O)(O)CCC(N)C(=O)O.O=C(Nc1nc(OC(F)F)cc(OC(F)F)n1)NS(=O)(=O)c1ccccc1C(=O)O. The van der Waals surface area contributed by atoms with Crippen LogP contribution in [0.3, 0.4) is 0 Å². The molecule has 0 radical (unpaired) electrons. The summed E-state index contributed by atoms with van der Waals surface area (Å²) in [4.78, 5) is 105. The number of nitrogens with two attached hydrogens (primary N) is 1. The van der Waals surface area contributed by atoms with Crippen molar-refractivity contribution in [1.29, 1.82) is 0 Å². The summed E-state index contributed by atoms with van der Waals surface area (Å²) in [6.07, 6.45) is -4.85.